The van der Waals surface area contributed by atoms with Crippen LogP contribution in [0.15, 0.2) is 0 Å². The third kappa shape index (κ3) is 3.25. The largest absolute Gasteiger partial charge is 0.392 e. The van der Waals surface area contributed by atoms with Crippen LogP contribution in [0.25, 0.3) is 0 Å². The molecule has 84 valence electrons. The van der Waals surface area contributed by atoms with Gasteiger partial charge in [-0.2, -0.15) is 0 Å². The van der Waals surface area contributed by atoms with Gasteiger partial charge in [0.2, 0.25) is 0 Å². The number of nitrogens with one attached hydrogen (secondary N) is 1. The van der Waals surface area contributed by atoms with Crippen LogP contribution in [-0.2, 0) is 0 Å². The molecule has 0 bridgehead atoms. The van der Waals surface area contributed by atoms with E-state index in [1.807, 2.05) is 6.92 Å². The number of aliphatic hydroxyl groups is 1. The van der Waals surface area contributed by atoms with Gasteiger partial charge in [0, 0.05) is 12.6 Å². The van der Waals surface area contributed by atoms with Crippen LogP contribution >= 0.6 is 0 Å². The fourth-order valence-corrected chi connectivity index (χ4v) is 2.60. The van der Waals surface area contributed by atoms with Crippen LogP contribution < -0.4 is 5.32 Å². The molecule has 1 fully saturated rings. The molecule has 0 amide bonds. The summed E-state index contributed by atoms with van der Waals surface area (Å²) in [6, 6.07) is 0.603. The van der Waals surface area contributed by atoms with Crippen molar-refractivity contribution >= 4 is 0 Å². The van der Waals surface area contributed by atoms with Gasteiger partial charge in [0.25, 0.3) is 0 Å². The molecule has 3 unspecified atom stereocenters. The van der Waals surface area contributed by atoms with Gasteiger partial charge in [0.15, 0.2) is 0 Å². The summed E-state index contributed by atoms with van der Waals surface area (Å²) in [4.78, 5) is 0. The van der Waals surface area contributed by atoms with Crippen LogP contribution in [0, 0.1) is 11.3 Å². The lowest BCUT2D eigenvalue weighted by atomic mass is 9.91. The number of hydrogen-bond acceptors (Lipinski definition) is 2. The van der Waals surface area contributed by atoms with E-state index in [-0.39, 0.29) is 6.10 Å². The van der Waals surface area contributed by atoms with Crippen LogP contribution in [-0.4, -0.2) is 23.8 Å². The van der Waals surface area contributed by atoms with Crippen molar-refractivity contribution in [2.24, 2.45) is 11.3 Å². The second-order valence-electron chi connectivity index (χ2n) is 5.63. The molecular formula is C12H25NO. The number of aliphatic hydroxyl groups excluding tert-OH is 1. The van der Waals surface area contributed by atoms with Gasteiger partial charge in [0.05, 0.1) is 6.10 Å². The minimum atomic E-state index is -0.175. The number of hydrogen-bond donors (Lipinski definition) is 2. The third-order valence-corrected chi connectivity index (χ3v) is 3.42. The third-order valence-electron chi connectivity index (χ3n) is 3.42. The number of rotatable bonds is 4. The molecule has 3 atom stereocenters. The van der Waals surface area contributed by atoms with Crippen molar-refractivity contribution in [1.29, 1.82) is 0 Å². The Kier molecular flexibility index (Phi) is 3.96. The molecule has 14 heavy (non-hydrogen) atoms. The normalized spacial score (nSPS) is 33.2. The van der Waals surface area contributed by atoms with Crippen LogP contribution in [0.3, 0.4) is 0 Å². The van der Waals surface area contributed by atoms with Gasteiger partial charge in [-0.05, 0) is 30.6 Å². The highest BCUT2D eigenvalue weighted by atomic mass is 16.3. The zero-order chi connectivity index (χ0) is 10.8. The molecule has 0 radical (unpaired) electrons. The molecule has 1 aliphatic carbocycles. The molecule has 1 rings (SSSR count). The molecule has 1 saturated carbocycles. The average Bonchev–Trinajstić information content (AvgIpc) is 2.35. The molecule has 2 N–H and O–H groups in total. The van der Waals surface area contributed by atoms with Crippen LogP contribution in [0.1, 0.15) is 47.0 Å². The summed E-state index contributed by atoms with van der Waals surface area (Å²) < 4.78 is 0. The molecule has 0 aromatic carbocycles. The van der Waals surface area contributed by atoms with E-state index in [4.69, 9.17) is 0 Å². The van der Waals surface area contributed by atoms with E-state index >= 15 is 0 Å². The maximum Gasteiger partial charge on any atom is 0.0662 e. The summed E-state index contributed by atoms with van der Waals surface area (Å²) in [5.41, 5.74) is 0.480. The van der Waals surface area contributed by atoms with Gasteiger partial charge in [-0.3, -0.25) is 0 Å². The lowest BCUT2D eigenvalue weighted by Crippen LogP contribution is -2.37. The summed E-state index contributed by atoms with van der Waals surface area (Å²) in [6.45, 7) is 9.75. The molecule has 1 aliphatic rings. The van der Waals surface area contributed by atoms with Gasteiger partial charge in [0.1, 0.15) is 0 Å². The second-order valence-corrected chi connectivity index (χ2v) is 5.63. The fourth-order valence-electron chi connectivity index (χ4n) is 2.60. The molecule has 0 aromatic heterocycles. The van der Waals surface area contributed by atoms with E-state index in [9.17, 15) is 5.11 Å². The molecule has 0 aliphatic heterocycles. The molecule has 2 heteroatoms. The Morgan fingerprint density at radius 2 is 2.07 bits per heavy atom. The Morgan fingerprint density at radius 3 is 2.50 bits per heavy atom. The van der Waals surface area contributed by atoms with Gasteiger partial charge < -0.3 is 10.4 Å². The summed E-state index contributed by atoms with van der Waals surface area (Å²) >= 11 is 0. The van der Waals surface area contributed by atoms with E-state index in [2.05, 4.69) is 26.1 Å². The van der Waals surface area contributed by atoms with Gasteiger partial charge >= 0.3 is 0 Å². The molecule has 0 spiro atoms. The van der Waals surface area contributed by atoms with E-state index in [0.717, 1.165) is 18.9 Å². The first-order valence-corrected chi connectivity index (χ1v) is 5.86. The predicted octanol–water partition coefficient (Wildman–Crippen LogP) is 2.17. The summed E-state index contributed by atoms with van der Waals surface area (Å²) in [7, 11) is 0. The quantitative estimate of drug-likeness (QED) is 0.727. The Hall–Kier alpha value is -0.0800. The Labute approximate surface area is 88.1 Å². The van der Waals surface area contributed by atoms with Crippen molar-refractivity contribution in [1.82, 2.24) is 5.32 Å². The van der Waals surface area contributed by atoms with Crippen molar-refractivity contribution in [2.45, 2.75) is 59.1 Å². The Bertz CT molecular complexity index is 179. The van der Waals surface area contributed by atoms with E-state index in [0.29, 0.717) is 11.5 Å². The highest BCUT2D eigenvalue weighted by Crippen LogP contribution is 2.40. The van der Waals surface area contributed by atoms with Crippen molar-refractivity contribution in [3.8, 4) is 0 Å². The standard InChI is InChI=1S/C12H25NO/c1-5-10(14)8-13-11-7-12(3,4)6-9(11)2/h9-11,13-14H,5-8H2,1-4H3. The molecule has 0 heterocycles. The second kappa shape index (κ2) is 4.63. The molecule has 2 nitrogen and oxygen atoms in total. The monoisotopic (exact) mass is 199 g/mol. The first kappa shape index (κ1) is 12.0. The SMILES string of the molecule is CCC(O)CNC1CC(C)(C)CC1C. The van der Waals surface area contributed by atoms with E-state index in [1.54, 1.807) is 0 Å². The van der Waals surface area contributed by atoms with Gasteiger partial charge in [-0.1, -0.05) is 27.7 Å². The highest BCUT2D eigenvalue weighted by Gasteiger charge is 2.36. The molecule has 0 saturated heterocycles. The first-order valence-electron chi connectivity index (χ1n) is 5.86. The van der Waals surface area contributed by atoms with Crippen molar-refractivity contribution < 1.29 is 5.11 Å². The Balaban J connectivity index is 2.32. The predicted molar refractivity (Wildman–Crippen MR) is 60.3 cm³/mol. The van der Waals surface area contributed by atoms with Crippen molar-refractivity contribution in [3.05, 3.63) is 0 Å². The summed E-state index contributed by atoms with van der Waals surface area (Å²) in [5.74, 6) is 0.744. The maximum absolute atomic E-state index is 9.47. The minimum absolute atomic E-state index is 0.175. The smallest absolute Gasteiger partial charge is 0.0662 e. The fraction of sp³-hybridized carbons (Fsp3) is 1.00. The van der Waals surface area contributed by atoms with Gasteiger partial charge in [-0.25, -0.2) is 0 Å². The summed E-state index contributed by atoms with van der Waals surface area (Å²) in [6.07, 6.45) is 3.21. The van der Waals surface area contributed by atoms with Crippen LogP contribution in [0.4, 0.5) is 0 Å². The van der Waals surface area contributed by atoms with E-state index in [1.165, 1.54) is 12.8 Å². The first-order chi connectivity index (χ1) is 6.44. The van der Waals surface area contributed by atoms with Crippen molar-refractivity contribution in [3.63, 3.8) is 0 Å². The van der Waals surface area contributed by atoms with Gasteiger partial charge in [-0.15, -0.1) is 0 Å². The highest BCUT2D eigenvalue weighted by molar-refractivity contribution is 4.91. The average molecular weight is 199 g/mol. The lowest BCUT2D eigenvalue weighted by molar-refractivity contribution is 0.159. The minimum Gasteiger partial charge on any atom is -0.392 e. The Morgan fingerprint density at radius 1 is 1.43 bits per heavy atom. The lowest BCUT2D eigenvalue weighted by Gasteiger charge is -2.20. The molecular weight excluding hydrogens is 174 g/mol. The topological polar surface area (TPSA) is 32.3 Å². The van der Waals surface area contributed by atoms with Crippen LogP contribution in [0.2, 0.25) is 0 Å². The van der Waals surface area contributed by atoms with Crippen molar-refractivity contribution in [2.75, 3.05) is 6.54 Å². The molecule has 0 aromatic rings. The maximum atomic E-state index is 9.47. The summed E-state index contributed by atoms with van der Waals surface area (Å²) in [5, 5.41) is 13.0. The zero-order valence-corrected chi connectivity index (χ0v) is 10.0. The van der Waals surface area contributed by atoms with E-state index < -0.39 is 0 Å². The van der Waals surface area contributed by atoms with Crippen LogP contribution in [0.5, 0.6) is 0 Å². The zero-order valence-electron chi connectivity index (χ0n) is 10.0.